The van der Waals surface area contributed by atoms with Crippen LogP contribution in [0.4, 0.5) is 0 Å². The Kier molecular flexibility index (Phi) is 6.16. The number of rotatable bonds is 6. The van der Waals surface area contributed by atoms with E-state index in [0.717, 1.165) is 16.9 Å². The van der Waals surface area contributed by atoms with E-state index in [4.69, 9.17) is 16.3 Å². The van der Waals surface area contributed by atoms with Gasteiger partial charge in [0.2, 0.25) is 0 Å². The maximum atomic E-state index is 11.9. The van der Waals surface area contributed by atoms with Crippen molar-refractivity contribution in [2.45, 2.75) is 26.4 Å². The number of benzene rings is 1. The van der Waals surface area contributed by atoms with Gasteiger partial charge in [0.05, 0.1) is 6.04 Å². The quantitative estimate of drug-likeness (QED) is 0.793. The molecular formula is C16H17ClN2O4S. The molecule has 1 heterocycles. The van der Waals surface area contributed by atoms with E-state index >= 15 is 0 Å². The average Bonchev–Trinajstić information content (AvgIpc) is 2.85. The summed E-state index contributed by atoms with van der Waals surface area (Å²) < 4.78 is 6.22. The van der Waals surface area contributed by atoms with Crippen molar-refractivity contribution in [1.29, 1.82) is 0 Å². The van der Waals surface area contributed by atoms with E-state index in [2.05, 4.69) is 5.32 Å². The summed E-state index contributed by atoms with van der Waals surface area (Å²) in [6.45, 7) is 2.95. The van der Waals surface area contributed by atoms with Crippen molar-refractivity contribution in [3.63, 3.8) is 0 Å². The molecule has 1 aromatic carbocycles. The number of esters is 1. The van der Waals surface area contributed by atoms with Gasteiger partial charge in [-0.1, -0.05) is 35.1 Å². The molecule has 0 spiro atoms. The van der Waals surface area contributed by atoms with Gasteiger partial charge in [0.25, 0.3) is 5.91 Å². The predicted octanol–water partition coefficient (Wildman–Crippen LogP) is 2.29. The number of nitrogens with one attached hydrogen (secondary N) is 1. The highest BCUT2D eigenvalue weighted by Gasteiger charge is 2.14. The number of nitrogens with zero attached hydrogens (tertiary/aromatic N) is 1. The van der Waals surface area contributed by atoms with Gasteiger partial charge in [0, 0.05) is 16.1 Å². The molecule has 0 fully saturated rings. The van der Waals surface area contributed by atoms with E-state index in [1.54, 1.807) is 24.4 Å². The van der Waals surface area contributed by atoms with Gasteiger partial charge in [-0.25, -0.2) is 0 Å². The Balaban J connectivity index is 1.81. The van der Waals surface area contributed by atoms with Gasteiger partial charge in [-0.3, -0.25) is 19.0 Å². The summed E-state index contributed by atoms with van der Waals surface area (Å²) in [5, 5.41) is 5.01. The van der Waals surface area contributed by atoms with Crippen LogP contribution < -0.4 is 10.2 Å². The molecule has 1 amide bonds. The smallest absolute Gasteiger partial charge is 0.326 e. The molecule has 0 bridgehead atoms. The topological polar surface area (TPSA) is 77.4 Å². The van der Waals surface area contributed by atoms with Crippen molar-refractivity contribution < 1.29 is 14.3 Å². The van der Waals surface area contributed by atoms with Crippen molar-refractivity contribution >= 4 is 34.8 Å². The molecule has 0 aliphatic rings. The van der Waals surface area contributed by atoms with Crippen molar-refractivity contribution in [3.8, 4) is 0 Å². The zero-order valence-electron chi connectivity index (χ0n) is 13.2. The van der Waals surface area contributed by atoms with Crippen LogP contribution in [0, 0.1) is 6.92 Å². The Labute approximate surface area is 148 Å². The molecule has 1 aromatic heterocycles. The number of halogens is 1. The highest BCUT2D eigenvalue weighted by atomic mass is 35.5. The van der Waals surface area contributed by atoms with Crippen molar-refractivity contribution in [2.24, 2.45) is 0 Å². The molecule has 2 aromatic rings. The van der Waals surface area contributed by atoms with Gasteiger partial charge >= 0.3 is 10.8 Å². The van der Waals surface area contributed by atoms with Crippen molar-refractivity contribution in [1.82, 2.24) is 9.88 Å². The summed E-state index contributed by atoms with van der Waals surface area (Å²) >= 11 is 6.83. The fraction of sp³-hybridized carbons (Fsp3) is 0.312. The second-order valence-corrected chi connectivity index (χ2v) is 6.49. The molecule has 0 radical (unpaired) electrons. The molecule has 6 nitrogen and oxygen atoms in total. The fourth-order valence-corrected chi connectivity index (χ4v) is 2.90. The lowest BCUT2D eigenvalue weighted by Gasteiger charge is -2.14. The summed E-state index contributed by atoms with van der Waals surface area (Å²) in [6.07, 6.45) is 0. The summed E-state index contributed by atoms with van der Waals surface area (Å²) in [5.41, 5.74) is 1.57. The number of aromatic nitrogens is 1. The molecule has 8 heteroatoms. The summed E-state index contributed by atoms with van der Waals surface area (Å²) in [7, 11) is 0. The number of carbonyl (C=O) groups excluding carboxylic acids is 2. The van der Waals surface area contributed by atoms with E-state index < -0.39 is 18.5 Å². The first-order valence-electron chi connectivity index (χ1n) is 7.22. The Morgan fingerprint density at radius 3 is 2.58 bits per heavy atom. The van der Waals surface area contributed by atoms with Crippen LogP contribution in [0.15, 0.2) is 34.4 Å². The number of thiazole rings is 1. The summed E-state index contributed by atoms with van der Waals surface area (Å²) in [4.78, 5) is 34.9. The lowest BCUT2D eigenvalue weighted by atomic mass is 10.1. The molecule has 0 saturated heterocycles. The van der Waals surface area contributed by atoms with Crippen LogP contribution in [0.1, 0.15) is 24.2 Å². The van der Waals surface area contributed by atoms with E-state index in [9.17, 15) is 14.4 Å². The first kappa shape index (κ1) is 18.2. The van der Waals surface area contributed by atoms with Gasteiger partial charge in [0.15, 0.2) is 6.61 Å². The van der Waals surface area contributed by atoms with Gasteiger partial charge in [-0.05, 0) is 31.5 Å². The molecule has 0 aliphatic carbocycles. The molecular weight excluding hydrogens is 352 g/mol. The zero-order valence-corrected chi connectivity index (χ0v) is 14.8. The van der Waals surface area contributed by atoms with E-state index in [0.29, 0.717) is 10.7 Å². The highest BCUT2D eigenvalue weighted by molar-refractivity contribution is 7.07. The Bertz CT molecular complexity index is 782. The SMILES string of the molecule is Cc1csc(=O)n1CC(=O)OCC(=O)N[C@@H](C)c1ccc(Cl)cc1. The van der Waals surface area contributed by atoms with E-state index in [1.807, 2.05) is 19.1 Å². The molecule has 0 aliphatic heterocycles. The molecule has 24 heavy (non-hydrogen) atoms. The second kappa shape index (κ2) is 8.12. The second-order valence-electron chi connectivity index (χ2n) is 5.23. The minimum atomic E-state index is -0.632. The van der Waals surface area contributed by atoms with E-state index in [-0.39, 0.29) is 17.5 Å². The molecule has 0 saturated carbocycles. The van der Waals surface area contributed by atoms with Crippen LogP contribution in [0.5, 0.6) is 0 Å². The van der Waals surface area contributed by atoms with Crippen molar-refractivity contribution in [2.75, 3.05) is 6.61 Å². The van der Waals surface area contributed by atoms with Crippen LogP contribution in [0.3, 0.4) is 0 Å². The number of ether oxygens (including phenoxy) is 1. The standard InChI is InChI=1S/C16H17ClN2O4S/c1-10-9-24-16(22)19(10)7-15(21)23-8-14(20)18-11(2)12-3-5-13(17)6-4-12/h3-6,9,11H,7-8H2,1-2H3,(H,18,20)/t11-/m0/s1. The van der Waals surface area contributed by atoms with Gasteiger partial charge < -0.3 is 10.1 Å². The van der Waals surface area contributed by atoms with Crippen LogP contribution in [0.2, 0.25) is 5.02 Å². The van der Waals surface area contributed by atoms with Gasteiger partial charge in [-0.2, -0.15) is 0 Å². The minimum absolute atomic E-state index is 0.200. The third-order valence-electron chi connectivity index (χ3n) is 3.38. The third kappa shape index (κ3) is 4.94. The lowest BCUT2D eigenvalue weighted by molar-refractivity contribution is -0.149. The van der Waals surface area contributed by atoms with Crippen LogP contribution in [-0.4, -0.2) is 23.1 Å². The number of aryl methyl sites for hydroxylation is 1. The first-order valence-corrected chi connectivity index (χ1v) is 8.48. The largest absolute Gasteiger partial charge is 0.454 e. The molecule has 2 rings (SSSR count). The summed E-state index contributed by atoms with van der Waals surface area (Å²) in [5.74, 6) is -1.05. The third-order valence-corrected chi connectivity index (χ3v) is 4.51. The number of amides is 1. The Morgan fingerprint density at radius 2 is 2.00 bits per heavy atom. The average molecular weight is 369 g/mol. The predicted molar refractivity (Wildman–Crippen MR) is 92.3 cm³/mol. The highest BCUT2D eigenvalue weighted by Crippen LogP contribution is 2.15. The first-order chi connectivity index (χ1) is 11.4. The monoisotopic (exact) mass is 368 g/mol. The van der Waals surface area contributed by atoms with Crippen LogP contribution in [0.25, 0.3) is 0 Å². The lowest BCUT2D eigenvalue weighted by Crippen LogP contribution is -2.32. The molecule has 1 N–H and O–H groups in total. The number of carbonyl (C=O) groups is 2. The number of hydrogen-bond donors (Lipinski definition) is 1. The minimum Gasteiger partial charge on any atom is -0.454 e. The Morgan fingerprint density at radius 1 is 1.33 bits per heavy atom. The number of hydrogen-bond acceptors (Lipinski definition) is 5. The maximum absolute atomic E-state index is 11.9. The van der Waals surface area contributed by atoms with E-state index in [1.165, 1.54) is 4.57 Å². The zero-order chi connectivity index (χ0) is 17.7. The fourth-order valence-electron chi connectivity index (χ4n) is 2.03. The summed E-state index contributed by atoms with van der Waals surface area (Å²) in [6, 6.07) is 6.85. The Hall–Kier alpha value is -2.12. The molecule has 128 valence electrons. The maximum Gasteiger partial charge on any atom is 0.326 e. The van der Waals surface area contributed by atoms with Gasteiger partial charge in [0.1, 0.15) is 6.54 Å². The molecule has 0 unspecified atom stereocenters. The molecule has 1 atom stereocenters. The van der Waals surface area contributed by atoms with Crippen LogP contribution in [-0.2, 0) is 20.9 Å². The van der Waals surface area contributed by atoms with Crippen molar-refractivity contribution in [3.05, 3.63) is 55.6 Å². The van der Waals surface area contributed by atoms with Crippen LogP contribution >= 0.6 is 22.9 Å². The normalized spacial score (nSPS) is 11.8. The van der Waals surface area contributed by atoms with Gasteiger partial charge in [-0.15, -0.1) is 0 Å².